The summed E-state index contributed by atoms with van der Waals surface area (Å²) in [5.74, 6) is -0.158. The van der Waals surface area contributed by atoms with E-state index in [9.17, 15) is 4.79 Å². The molecule has 0 unspecified atom stereocenters. The second-order valence-corrected chi connectivity index (χ2v) is 6.05. The number of para-hydroxylation sites is 1. The lowest BCUT2D eigenvalue weighted by molar-refractivity contribution is 0.0725. The fraction of sp³-hybridized carbons (Fsp3) is 0. The van der Waals surface area contributed by atoms with Crippen molar-refractivity contribution in [2.45, 2.75) is 0 Å². The maximum absolute atomic E-state index is 12.9. The quantitative estimate of drug-likeness (QED) is 0.391. The fourth-order valence-corrected chi connectivity index (χ4v) is 2.80. The van der Waals surface area contributed by atoms with E-state index in [2.05, 4.69) is 5.10 Å². The summed E-state index contributed by atoms with van der Waals surface area (Å²) >= 11 is 0. The SMILES string of the molecule is N#Cc1ccc(OC(=O)c2cc(-c3ccccc3)nn2-c2ccccc2)cc1. The minimum Gasteiger partial charge on any atom is -0.422 e. The Bertz CT molecular complexity index is 1140. The van der Waals surface area contributed by atoms with Gasteiger partial charge in [-0.05, 0) is 42.5 Å². The largest absolute Gasteiger partial charge is 0.422 e. The lowest BCUT2D eigenvalue weighted by Gasteiger charge is -2.07. The molecule has 0 radical (unpaired) electrons. The fourth-order valence-electron chi connectivity index (χ4n) is 2.80. The average molecular weight is 365 g/mol. The average Bonchev–Trinajstić information content (AvgIpc) is 3.21. The predicted octanol–water partition coefficient (Wildman–Crippen LogP) is 4.63. The summed E-state index contributed by atoms with van der Waals surface area (Å²) < 4.78 is 7.08. The standard InChI is InChI=1S/C23H15N3O2/c24-16-17-11-13-20(14-12-17)28-23(27)22-15-21(18-7-3-1-4-8-18)25-26(22)19-9-5-2-6-10-19/h1-15H. The first-order valence-electron chi connectivity index (χ1n) is 8.68. The number of ether oxygens (including phenoxy) is 1. The number of nitrogens with zero attached hydrogens (tertiary/aromatic N) is 3. The molecule has 0 aliphatic heterocycles. The van der Waals surface area contributed by atoms with Gasteiger partial charge in [0.15, 0.2) is 5.69 Å². The third-order valence-corrected chi connectivity index (χ3v) is 4.18. The van der Waals surface area contributed by atoms with E-state index >= 15 is 0 Å². The molecule has 0 spiro atoms. The summed E-state index contributed by atoms with van der Waals surface area (Å²) in [6.07, 6.45) is 0. The van der Waals surface area contributed by atoms with Crippen molar-refractivity contribution in [3.63, 3.8) is 0 Å². The van der Waals surface area contributed by atoms with Crippen LogP contribution >= 0.6 is 0 Å². The van der Waals surface area contributed by atoms with Crippen LogP contribution in [0.25, 0.3) is 16.9 Å². The van der Waals surface area contributed by atoms with Gasteiger partial charge in [0.2, 0.25) is 0 Å². The van der Waals surface area contributed by atoms with Crippen molar-refractivity contribution in [1.82, 2.24) is 9.78 Å². The van der Waals surface area contributed by atoms with Crippen LogP contribution in [0.3, 0.4) is 0 Å². The van der Waals surface area contributed by atoms with Crippen LogP contribution in [-0.2, 0) is 0 Å². The first-order chi connectivity index (χ1) is 13.7. The molecule has 5 nitrogen and oxygen atoms in total. The van der Waals surface area contributed by atoms with E-state index in [0.717, 1.165) is 11.3 Å². The maximum atomic E-state index is 12.9. The molecule has 0 aliphatic rings. The molecule has 0 N–H and O–H groups in total. The molecule has 1 heterocycles. The molecule has 5 heteroatoms. The molecule has 4 rings (SSSR count). The topological polar surface area (TPSA) is 67.9 Å². The minimum absolute atomic E-state index is 0.314. The second kappa shape index (κ2) is 7.60. The lowest BCUT2D eigenvalue weighted by Crippen LogP contribution is -2.14. The monoisotopic (exact) mass is 365 g/mol. The number of nitriles is 1. The Morgan fingerprint density at radius 2 is 1.54 bits per heavy atom. The van der Waals surface area contributed by atoms with E-state index in [4.69, 9.17) is 10.00 Å². The Kier molecular flexibility index (Phi) is 4.68. The molecule has 0 aliphatic carbocycles. The van der Waals surface area contributed by atoms with Crippen molar-refractivity contribution < 1.29 is 9.53 Å². The molecular weight excluding hydrogens is 350 g/mol. The summed E-state index contributed by atoms with van der Waals surface area (Å²) in [6, 6.07) is 29.2. The van der Waals surface area contributed by atoms with Crippen LogP contribution in [0.4, 0.5) is 0 Å². The van der Waals surface area contributed by atoms with Gasteiger partial charge in [0.25, 0.3) is 0 Å². The number of aromatic nitrogens is 2. The van der Waals surface area contributed by atoms with Gasteiger partial charge in [0, 0.05) is 5.56 Å². The molecule has 0 saturated heterocycles. The molecule has 0 atom stereocenters. The van der Waals surface area contributed by atoms with Crippen molar-refractivity contribution in [2.24, 2.45) is 0 Å². The van der Waals surface area contributed by atoms with E-state index in [1.54, 1.807) is 35.0 Å². The van der Waals surface area contributed by atoms with E-state index < -0.39 is 5.97 Å². The molecule has 0 saturated carbocycles. The highest BCUT2D eigenvalue weighted by molar-refractivity contribution is 5.91. The number of esters is 1. The summed E-state index contributed by atoms with van der Waals surface area (Å²) in [5.41, 5.74) is 3.16. The number of hydrogen-bond acceptors (Lipinski definition) is 4. The van der Waals surface area contributed by atoms with Crippen molar-refractivity contribution in [3.05, 3.63) is 102 Å². The Balaban J connectivity index is 1.72. The molecule has 0 amide bonds. The van der Waals surface area contributed by atoms with Gasteiger partial charge in [0.05, 0.1) is 23.0 Å². The van der Waals surface area contributed by atoms with Gasteiger partial charge in [-0.2, -0.15) is 10.4 Å². The Labute approximate surface area is 162 Å². The molecule has 3 aromatic carbocycles. The first kappa shape index (κ1) is 17.3. The van der Waals surface area contributed by atoms with Crippen LogP contribution in [0.15, 0.2) is 91.0 Å². The third-order valence-electron chi connectivity index (χ3n) is 4.18. The molecule has 4 aromatic rings. The lowest BCUT2D eigenvalue weighted by atomic mass is 10.1. The molecule has 0 fully saturated rings. The summed E-state index contributed by atoms with van der Waals surface area (Å²) in [5, 5.41) is 13.5. The normalized spacial score (nSPS) is 10.2. The predicted molar refractivity (Wildman–Crippen MR) is 105 cm³/mol. The van der Waals surface area contributed by atoms with Crippen LogP contribution < -0.4 is 4.74 Å². The highest BCUT2D eigenvalue weighted by Gasteiger charge is 2.19. The molecule has 28 heavy (non-hydrogen) atoms. The zero-order valence-electron chi connectivity index (χ0n) is 14.8. The van der Waals surface area contributed by atoms with E-state index in [1.807, 2.05) is 66.7 Å². The van der Waals surface area contributed by atoms with Gasteiger partial charge < -0.3 is 4.74 Å². The van der Waals surface area contributed by atoms with Crippen LogP contribution in [-0.4, -0.2) is 15.7 Å². The van der Waals surface area contributed by atoms with E-state index in [-0.39, 0.29) is 0 Å². The maximum Gasteiger partial charge on any atom is 0.362 e. The molecule has 1 aromatic heterocycles. The number of carbonyl (C=O) groups excluding carboxylic acids is 1. The summed E-state index contributed by atoms with van der Waals surface area (Å²) in [4.78, 5) is 12.9. The highest BCUT2D eigenvalue weighted by atomic mass is 16.5. The van der Waals surface area contributed by atoms with Crippen molar-refractivity contribution in [2.75, 3.05) is 0 Å². The molecular formula is C23H15N3O2. The van der Waals surface area contributed by atoms with Crippen LogP contribution in [0.2, 0.25) is 0 Å². The van der Waals surface area contributed by atoms with Crippen molar-refractivity contribution in [3.8, 4) is 28.8 Å². The van der Waals surface area contributed by atoms with E-state index in [1.165, 1.54) is 0 Å². The summed E-state index contributed by atoms with van der Waals surface area (Å²) in [7, 11) is 0. The van der Waals surface area contributed by atoms with Crippen LogP contribution in [0, 0.1) is 11.3 Å². The Hall–Kier alpha value is -4.17. The summed E-state index contributed by atoms with van der Waals surface area (Å²) in [6.45, 7) is 0. The van der Waals surface area contributed by atoms with Gasteiger partial charge in [-0.1, -0.05) is 48.5 Å². The van der Waals surface area contributed by atoms with Crippen LogP contribution in [0.1, 0.15) is 16.1 Å². The number of benzene rings is 3. The highest BCUT2D eigenvalue weighted by Crippen LogP contribution is 2.23. The Morgan fingerprint density at radius 3 is 2.18 bits per heavy atom. The van der Waals surface area contributed by atoms with Crippen molar-refractivity contribution >= 4 is 5.97 Å². The van der Waals surface area contributed by atoms with Gasteiger partial charge in [-0.3, -0.25) is 0 Å². The first-order valence-corrected chi connectivity index (χ1v) is 8.68. The van der Waals surface area contributed by atoms with Gasteiger partial charge >= 0.3 is 5.97 Å². The minimum atomic E-state index is -0.525. The van der Waals surface area contributed by atoms with Gasteiger partial charge in [-0.15, -0.1) is 0 Å². The van der Waals surface area contributed by atoms with Crippen LogP contribution in [0.5, 0.6) is 5.75 Å². The van der Waals surface area contributed by atoms with Crippen molar-refractivity contribution in [1.29, 1.82) is 5.26 Å². The van der Waals surface area contributed by atoms with Gasteiger partial charge in [-0.25, -0.2) is 9.48 Å². The van der Waals surface area contributed by atoms with E-state index in [0.29, 0.717) is 22.7 Å². The number of carbonyl (C=O) groups is 1. The molecule has 134 valence electrons. The van der Waals surface area contributed by atoms with Gasteiger partial charge in [0.1, 0.15) is 5.75 Å². The Morgan fingerprint density at radius 1 is 0.893 bits per heavy atom. The third kappa shape index (κ3) is 3.53. The zero-order valence-corrected chi connectivity index (χ0v) is 14.8. The smallest absolute Gasteiger partial charge is 0.362 e. The molecule has 0 bridgehead atoms. The number of hydrogen-bond donors (Lipinski definition) is 0. The number of rotatable bonds is 4. The second-order valence-electron chi connectivity index (χ2n) is 6.05. The zero-order chi connectivity index (χ0) is 19.3.